The third-order valence-electron chi connectivity index (χ3n) is 6.96. The zero-order valence-electron chi connectivity index (χ0n) is 21.6. The topological polar surface area (TPSA) is 85.3 Å². The molecule has 1 amide bonds. The SMILES string of the molecule is COCCN1C(=O)C(=O)/C(=C(\O)c2ccc3c(c2)CCCO3)C1c1cccc(OCc2ccc(C)cc2)c1. The maximum Gasteiger partial charge on any atom is 0.295 e. The quantitative estimate of drug-likeness (QED) is 0.260. The average Bonchev–Trinajstić information content (AvgIpc) is 3.20. The molecule has 1 atom stereocenters. The summed E-state index contributed by atoms with van der Waals surface area (Å²) in [5, 5.41) is 11.4. The Hall–Kier alpha value is -4.10. The number of hydrogen-bond acceptors (Lipinski definition) is 6. The second kappa shape index (κ2) is 11.1. The van der Waals surface area contributed by atoms with Gasteiger partial charge in [0.05, 0.1) is 24.8 Å². The van der Waals surface area contributed by atoms with Gasteiger partial charge >= 0.3 is 0 Å². The van der Waals surface area contributed by atoms with Gasteiger partial charge in [-0.15, -0.1) is 0 Å². The number of aliphatic hydroxyl groups is 1. The van der Waals surface area contributed by atoms with E-state index in [0.29, 0.717) is 30.1 Å². The van der Waals surface area contributed by atoms with Crippen molar-refractivity contribution in [1.29, 1.82) is 0 Å². The van der Waals surface area contributed by atoms with E-state index in [2.05, 4.69) is 0 Å². The summed E-state index contributed by atoms with van der Waals surface area (Å²) in [5.41, 5.74) is 4.38. The lowest BCUT2D eigenvalue weighted by Gasteiger charge is -2.25. The summed E-state index contributed by atoms with van der Waals surface area (Å²) < 4.78 is 16.9. The van der Waals surface area contributed by atoms with Crippen molar-refractivity contribution < 1.29 is 28.9 Å². The normalized spacial score (nSPS) is 18.3. The Labute approximate surface area is 222 Å². The van der Waals surface area contributed by atoms with E-state index in [4.69, 9.17) is 14.2 Å². The zero-order chi connectivity index (χ0) is 26.6. The zero-order valence-corrected chi connectivity index (χ0v) is 21.6. The van der Waals surface area contributed by atoms with Gasteiger partial charge in [0, 0.05) is 19.2 Å². The van der Waals surface area contributed by atoms with Crippen molar-refractivity contribution in [2.45, 2.75) is 32.4 Å². The van der Waals surface area contributed by atoms with Crippen LogP contribution in [-0.2, 0) is 27.4 Å². The minimum Gasteiger partial charge on any atom is -0.507 e. The van der Waals surface area contributed by atoms with Crippen molar-refractivity contribution in [3.8, 4) is 11.5 Å². The van der Waals surface area contributed by atoms with Crippen molar-refractivity contribution in [1.82, 2.24) is 4.90 Å². The van der Waals surface area contributed by atoms with E-state index >= 15 is 0 Å². The van der Waals surface area contributed by atoms with Crippen molar-refractivity contribution in [3.63, 3.8) is 0 Å². The Balaban J connectivity index is 1.51. The maximum absolute atomic E-state index is 13.3. The molecule has 3 aromatic rings. The first-order chi connectivity index (χ1) is 18.5. The minimum absolute atomic E-state index is 0.0541. The number of ketones is 1. The number of carbonyl (C=O) groups is 2. The van der Waals surface area contributed by atoms with E-state index in [-0.39, 0.29) is 24.5 Å². The van der Waals surface area contributed by atoms with Gasteiger partial charge in [0.1, 0.15) is 23.9 Å². The fourth-order valence-corrected chi connectivity index (χ4v) is 4.94. The molecule has 3 aromatic carbocycles. The highest BCUT2D eigenvalue weighted by Gasteiger charge is 2.46. The molecule has 5 rings (SSSR count). The lowest BCUT2D eigenvalue weighted by atomic mass is 9.94. The Kier molecular flexibility index (Phi) is 7.47. The number of amides is 1. The number of aryl methyl sites for hydroxylation is 2. The molecule has 7 nitrogen and oxygen atoms in total. The molecular formula is C31H31NO6. The number of aliphatic hydroxyl groups excluding tert-OH is 1. The molecule has 2 aliphatic rings. The summed E-state index contributed by atoms with van der Waals surface area (Å²) in [4.78, 5) is 27.9. The highest BCUT2D eigenvalue weighted by molar-refractivity contribution is 6.46. The van der Waals surface area contributed by atoms with E-state index in [9.17, 15) is 14.7 Å². The van der Waals surface area contributed by atoms with E-state index in [0.717, 1.165) is 29.7 Å². The molecule has 0 radical (unpaired) electrons. The number of benzene rings is 3. The van der Waals surface area contributed by atoms with Crippen molar-refractivity contribution in [3.05, 3.63) is 100 Å². The number of ether oxygens (including phenoxy) is 3. The smallest absolute Gasteiger partial charge is 0.295 e. The fraction of sp³-hybridized carbons (Fsp3) is 0.290. The minimum atomic E-state index is -0.777. The van der Waals surface area contributed by atoms with Crippen molar-refractivity contribution in [2.24, 2.45) is 0 Å². The van der Waals surface area contributed by atoms with Crippen LogP contribution in [0.4, 0.5) is 0 Å². The summed E-state index contributed by atoms with van der Waals surface area (Å²) in [5.74, 6) is -0.202. The van der Waals surface area contributed by atoms with E-state index in [1.807, 2.05) is 61.5 Å². The molecule has 7 heteroatoms. The predicted molar refractivity (Wildman–Crippen MR) is 143 cm³/mol. The molecular weight excluding hydrogens is 482 g/mol. The molecule has 1 unspecified atom stereocenters. The number of carbonyl (C=O) groups excluding carboxylic acids is 2. The Morgan fingerprint density at radius 3 is 2.68 bits per heavy atom. The molecule has 2 heterocycles. The molecule has 196 valence electrons. The van der Waals surface area contributed by atoms with Crippen molar-refractivity contribution in [2.75, 3.05) is 26.9 Å². The first-order valence-corrected chi connectivity index (χ1v) is 12.8. The van der Waals surface area contributed by atoms with Crippen LogP contribution < -0.4 is 9.47 Å². The third-order valence-corrected chi connectivity index (χ3v) is 6.96. The highest BCUT2D eigenvalue weighted by atomic mass is 16.5. The first-order valence-electron chi connectivity index (χ1n) is 12.8. The molecule has 0 aliphatic carbocycles. The lowest BCUT2D eigenvalue weighted by molar-refractivity contribution is -0.140. The van der Waals surface area contributed by atoms with Crippen molar-refractivity contribution >= 4 is 17.4 Å². The molecule has 1 N–H and O–H groups in total. The van der Waals surface area contributed by atoms with Gasteiger partial charge in [-0.1, -0.05) is 42.0 Å². The molecule has 0 bridgehead atoms. The number of methoxy groups -OCH3 is 1. The van der Waals surface area contributed by atoms with E-state index in [1.54, 1.807) is 19.2 Å². The lowest BCUT2D eigenvalue weighted by Crippen LogP contribution is -2.32. The maximum atomic E-state index is 13.3. The van der Waals surface area contributed by atoms with Crippen LogP contribution in [0.15, 0.2) is 72.3 Å². The summed E-state index contributed by atoms with van der Waals surface area (Å²) in [6.45, 7) is 3.53. The van der Waals surface area contributed by atoms with Gasteiger partial charge in [-0.3, -0.25) is 9.59 Å². The van der Waals surface area contributed by atoms with Crippen LogP contribution in [0.2, 0.25) is 0 Å². The fourth-order valence-electron chi connectivity index (χ4n) is 4.94. The summed E-state index contributed by atoms with van der Waals surface area (Å²) in [6, 6.07) is 20.0. The molecule has 1 saturated heterocycles. The monoisotopic (exact) mass is 513 g/mol. The first kappa shape index (κ1) is 25.5. The predicted octanol–water partition coefficient (Wildman–Crippen LogP) is 4.97. The summed E-state index contributed by atoms with van der Waals surface area (Å²) in [7, 11) is 1.54. The van der Waals surface area contributed by atoms with Gasteiger partial charge in [0.2, 0.25) is 0 Å². The van der Waals surface area contributed by atoms with E-state index < -0.39 is 17.7 Å². The third kappa shape index (κ3) is 5.15. The van der Waals surface area contributed by atoms with Crippen LogP contribution in [0.25, 0.3) is 5.76 Å². The summed E-state index contributed by atoms with van der Waals surface area (Å²) >= 11 is 0. The standard InChI is InChI=1S/C31H31NO6/c1-20-8-10-21(11-9-20)19-38-25-7-3-5-23(18-25)28-27(30(34)31(35)32(28)14-16-36-2)29(33)24-12-13-26-22(17-24)6-4-15-37-26/h3,5,7-13,17-18,28,33H,4,6,14-16,19H2,1-2H3/b29-27-. The molecule has 1 fully saturated rings. The highest BCUT2D eigenvalue weighted by Crippen LogP contribution is 2.41. The Bertz CT molecular complexity index is 1380. The number of hydrogen-bond donors (Lipinski definition) is 1. The number of Topliss-reactive ketones (excluding diaryl/α,β-unsaturated/α-hetero) is 1. The second-order valence-corrected chi connectivity index (χ2v) is 9.61. The number of nitrogens with zero attached hydrogens (tertiary/aromatic N) is 1. The largest absolute Gasteiger partial charge is 0.507 e. The van der Waals surface area contributed by atoms with Crippen LogP contribution in [0.3, 0.4) is 0 Å². The molecule has 38 heavy (non-hydrogen) atoms. The molecule has 0 spiro atoms. The van der Waals surface area contributed by atoms with Crippen LogP contribution in [-0.4, -0.2) is 48.6 Å². The number of likely N-dealkylation sites (tertiary alicyclic amines) is 1. The number of fused-ring (bicyclic) bond motifs is 1. The van der Waals surface area contributed by atoms with Gasteiger partial charge in [0.15, 0.2) is 0 Å². The van der Waals surface area contributed by atoms with Crippen LogP contribution in [0, 0.1) is 6.92 Å². The number of rotatable bonds is 8. The Morgan fingerprint density at radius 2 is 1.89 bits per heavy atom. The molecule has 2 aliphatic heterocycles. The second-order valence-electron chi connectivity index (χ2n) is 9.61. The van der Waals surface area contributed by atoms with Crippen LogP contribution in [0.5, 0.6) is 11.5 Å². The molecule has 0 saturated carbocycles. The van der Waals surface area contributed by atoms with Gasteiger partial charge in [-0.2, -0.15) is 0 Å². The average molecular weight is 514 g/mol. The van der Waals surface area contributed by atoms with Gasteiger partial charge in [-0.25, -0.2) is 0 Å². The van der Waals surface area contributed by atoms with Gasteiger partial charge in [0.25, 0.3) is 11.7 Å². The van der Waals surface area contributed by atoms with Gasteiger partial charge in [-0.05, 0) is 66.8 Å². The molecule has 0 aromatic heterocycles. The van der Waals surface area contributed by atoms with Crippen LogP contribution in [0.1, 0.15) is 40.3 Å². The Morgan fingerprint density at radius 1 is 1.08 bits per heavy atom. The van der Waals surface area contributed by atoms with E-state index in [1.165, 1.54) is 10.5 Å². The van der Waals surface area contributed by atoms with Crippen LogP contribution >= 0.6 is 0 Å². The van der Waals surface area contributed by atoms with Gasteiger partial charge < -0.3 is 24.2 Å². The summed E-state index contributed by atoms with van der Waals surface area (Å²) in [6.07, 6.45) is 1.70.